The third-order valence-electron chi connectivity index (χ3n) is 5.31. The van der Waals surface area contributed by atoms with Gasteiger partial charge in [0.05, 0.1) is 0 Å². The normalized spacial score (nSPS) is 20.2. The van der Waals surface area contributed by atoms with Gasteiger partial charge in [-0.1, -0.05) is 42.5 Å². The number of nitrogens with two attached hydrogens (primary N) is 1. The minimum atomic E-state index is 0.193. The van der Waals surface area contributed by atoms with Crippen molar-refractivity contribution in [2.75, 3.05) is 12.3 Å². The molecule has 0 unspecified atom stereocenters. The largest absolute Gasteiger partial charge is 0.399 e. The van der Waals surface area contributed by atoms with Gasteiger partial charge in [0.2, 0.25) is 5.91 Å². The van der Waals surface area contributed by atoms with Gasteiger partial charge in [0.15, 0.2) is 0 Å². The van der Waals surface area contributed by atoms with E-state index in [1.807, 2.05) is 24.3 Å². The summed E-state index contributed by atoms with van der Waals surface area (Å²) < 4.78 is 0. The summed E-state index contributed by atoms with van der Waals surface area (Å²) in [5, 5.41) is 3.07. The van der Waals surface area contributed by atoms with Crippen LogP contribution in [-0.4, -0.2) is 12.5 Å². The van der Waals surface area contributed by atoms with Crippen LogP contribution in [0.1, 0.15) is 49.1 Å². The minimum absolute atomic E-state index is 0.193. The van der Waals surface area contributed by atoms with Crippen molar-refractivity contribution in [3.8, 4) is 0 Å². The zero-order chi connectivity index (χ0) is 17.5. The van der Waals surface area contributed by atoms with Gasteiger partial charge in [0.25, 0.3) is 0 Å². The number of hydrogen-bond donors (Lipinski definition) is 2. The van der Waals surface area contributed by atoms with Gasteiger partial charge in [0.1, 0.15) is 0 Å². The SMILES string of the molecule is Nc1ccc(CCNC(=O)CC2CCC(c3ccccc3)CC2)cc1. The zero-order valence-corrected chi connectivity index (χ0v) is 14.8. The van der Waals surface area contributed by atoms with Crippen molar-refractivity contribution in [2.24, 2.45) is 5.92 Å². The second kappa shape index (κ2) is 8.70. The molecule has 0 aromatic heterocycles. The monoisotopic (exact) mass is 336 g/mol. The van der Waals surface area contributed by atoms with Crippen LogP contribution >= 0.6 is 0 Å². The number of nitrogens with one attached hydrogen (secondary N) is 1. The zero-order valence-electron chi connectivity index (χ0n) is 14.8. The number of benzene rings is 2. The lowest BCUT2D eigenvalue weighted by Crippen LogP contribution is -2.28. The highest BCUT2D eigenvalue weighted by molar-refractivity contribution is 5.76. The van der Waals surface area contributed by atoms with Gasteiger partial charge in [0, 0.05) is 18.7 Å². The molecule has 0 atom stereocenters. The van der Waals surface area contributed by atoms with E-state index in [4.69, 9.17) is 5.73 Å². The summed E-state index contributed by atoms with van der Waals surface area (Å²) in [4.78, 5) is 12.2. The Hall–Kier alpha value is -2.29. The summed E-state index contributed by atoms with van der Waals surface area (Å²) in [6.07, 6.45) is 6.24. The smallest absolute Gasteiger partial charge is 0.220 e. The summed E-state index contributed by atoms with van der Waals surface area (Å²) in [6.45, 7) is 0.697. The van der Waals surface area contributed by atoms with Crippen LogP contribution in [0.4, 0.5) is 5.69 Å². The molecule has 3 N–H and O–H groups in total. The van der Waals surface area contributed by atoms with Gasteiger partial charge >= 0.3 is 0 Å². The van der Waals surface area contributed by atoms with Gasteiger partial charge in [-0.15, -0.1) is 0 Å². The second-order valence-corrected chi connectivity index (χ2v) is 7.17. The Kier molecular flexibility index (Phi) is 6.10. The molecule has 1 aliphatic rings. The summed E-state index contributed by atoms with van der Waals surface area (Å²) in [5.41, 5.74) is 9.12. The number of carbonyl (C=O) groups is 1. The molecule has 3 nitrogen and oxygen atoms in total. The van der Waals surface area contributed by atoms with E-state index in [1.165, 1.54) is 24.0 Å². The van der Waals surface area contributed by atoms with Crippen molar-refractivity contribution >= 4 is 11.6 Å². The highest BCUT2D eigenvalue weighted by atomic mass is 16.1. The van der Waals surface area contributed by atoms with Crippen LogP contribution in [0, 0.1) is 5.92 Å². The van der Waals surface area contributed by atoms with Crippen molar-refractivity contribution < 1.29 is 4.79 Å². The number of anilines is 1. The van der Waals surface area contributed by atoms with E-state index in [-0.39, 0.29) is 5.91 Å². The lowest BCUT2D eigenvalue weighted by atomic mass is 9.77. The molecule has 1 fully saturated rings. The number of hydrogen-bond acceptors (Lipinski definition) is 2. The second-order valence-electron chi connectivity index (χ2n) is 7.17. The minimum Gasteiger partial charge on any atom is -0.399 e. The van der Waals surface area contributed by atoms with Gasteiger partial charge < -0.3 is 11.1 Å². The van der Waals surface area contributed by atoms with Crippen LogP contribution in [0.2, 0.25) is 0 Å². The Balaban J connectivity index is 1.35. The van der Waals surface area contributed by atoms with Crippen molar-refractivity contribution in [2.45, 2.75) is 44.4 Å². The number of amides is 1. The lowest BCUT2D eigenvalue weighted by molar-refractivity contribution is -0.122. The van der Waals surface area contributed by atoms with Gasteiger partial charge in [-0.2, -0.15) is 0 Å². The third kappa shape index (κ3) is 5.35. The maximum atomic E-state index is 12.2. The highest BCUT2D eigenvalue weighted by Crippen LogP contribution is 2.36. The standard InChI is InChI=1S/C22H28N2O/c23-21-12-8-17(9-13-21)14-15-24-22(25)16-18-6-10-20(11-7-18)19-4-2-1-3-5-19/h1-5,8-9,12-13,18,20H,6-7,10-11,14-16,23H2,(H,24,25). The molecule has 0 spiro atoms. The van der Waals surface area contributed by atoms with Gasteiger partial charge in [-0.3, -0.25) is 4.79 Å². The van der Waals surface area contributed by atoms with Gasteiger partial charge in [-0.25, -0.2) is 0 Å². The predicted octanol–water partition coefficient (Wildman–Crippen LogP) is 4.29. The first kappa shape index (κ1) is 17.5. The van der Waals surface area contributed by atoms with Crippen LogP contribution < -0.4 is 11.1 Å². The summed E-state index contributed by atoms with van der Waals surface area (Å²) in [5.74, 6) is 1.40. The number of nitrogen functional groups attached to an aromatic ring is 1. The third-order valence-corrected chi connectivity index (χ3v) is 5.31. The van der Waals surface area contributed by atoms with Crippen molar-refractivity contribution in [1.82, 2.24) is 5.32 Å². The molecule has 25 heavy (non-hydrogen) atoms. The maximum Gasteiger partial charge on any atom is 0.220 e. The highest BCUT2D eigenvalue weighted by Gasteiger charge is 2.23. The average Bonchev–Trinajstić information content (AvgIpc) is 2.65. The van der Waals surface area contributed by atoms with Gasteiger partial charge in [-0.05, 0) is 67.2 Å². The van der Waals surface area contributed by atoms with E-state index < -0.39 is 0 Å². The van der Waals surface area contributed by atoms with Crippen LogP contribution in [-0.2, 0) is 11.2 Å². The molecule has 0 saturated heterocycles. The van der Waals surface area contributed by atoms with Crippen LogP contribution in [0.5, 0.6) is 0 Å². The molecule has 132 valence electrons. The van der Waals surface area contributed by atoms with Crippen LogP contribution in [0.15, 0.2) is 54.6 Å². The molecular formula is C22H28N2O. The molecule has 2 aromatic carbocycles. The Morgan fingerprint density at radius 1 is 0.960 bits per heavy atom. The van der Waals surface area contributed by atoms with Crippen molar-refractivity contribution in [1.29, 1.82) is 0 Å². The predicted molar refractivity (Wildman–Crippen MR) is 103 cm³/mol. The summed E-state index contributed by atoms with van der Waals surface area (Å²) in [6, 6.07) is 18.6. The Labute approximate surface area is 150 Å². The fourth-order valence-corrected chi connectivity index (χ4v) is 3.79. The van der Waals surface area contributed by atoms with Crippen LogP contribution in [0.25, 0.3) is 0 Å². The Morgan fingerprint density at radius 3 is 2.32 bits per heavy atom. The Morgan fingerprint density at radius 2 is 1.64 bits per heavy atom. The average molecular weight is 336 g/mol. The molecule has 3 heteroatoms. The van der Waals surface area contributed by atoms with Crippen molar-refractivity contribution in [3.05, 3.63) is 65.7 Å². The van der Waals surface area contributed by atoms with E-state index >= 15 is 0 Å². The van der Waals surface area contributed by atoms with Crippen LogP contribution in [0.3, 0.4) is 0 Å². The first-order valence-corrected chi connectivity index (χ1v) is 9.37. The molecule has 0 radical (unpaired) electrons. The molecule has 1 saturated carbocycles. The molecule has 0 aliphatic heterocycles. The van der Waals surface area contributed by atoms with E-state index in [2.05, 4.69) is 35.6 Å². The molecule has 0 heterocycles. The molecular weight excluding hydrogens is 308 g/mol. The molecule has 0 bridgehead atoms. The Bertz CT molecular complexity index is 658. The van der Waals surface area contributed by atoms with Crippen molar-refractivity contribution in [3.63, 3.8) is 0 Å². The first-order chi connectivity index (χ1) is 12.2. The molecule has 1 aliphatic carbocycles. The summed E-state index contributed by atoms with van der Waals surface area (Å²) >= 11 is 0. The first-order valence-electron chi connectivity index (χ1n) is 9.37. The molecule has 2 aromatic rings. The van der Waals surface area contributed by atoms with E-state index in [1.54, 1.807) is 0 Å². The topological polar surface area (TPSA) is 55.1 Å². The van der Waals surface area contributed by atoms with E-state index in [0.29, 0.717) is 24.8 Å². The fourth-order valence-electron chi connectivity index (χ4n) is 3.79. The number of carbonyl (C=O) groups excluding carboxylic acids is 1. The van der Waals surface area contributed by atoms with E-state index in [9.17, 15) is 4.79 Å². The maximum absolute atomic E-state index is 12.2. The molecule has 3 rings (SSSR count). The quantitative estimate of drug-likeness (QED) is 0.773. The fraction of sp³-hybridized carbons (Fsp3) is 0.409. The summed E-state index contributed by atoms with van der Waals surface area (Å²) in [7, 11) is 0. The number of rotatable bonds is 6. The van der Waals surface area contributed by atoms with E-state index in [0.717, 1.165) is 24.9 Å². The lowest BCUT2D eigenvalue weighted by Gasteiger charge is -2.28. The molecule has 1 amide bonds.